The summed E-state index contributed by atoms with van der Waals surface area (Å²) in [5.41, 5.74) is 12.9. The van der Waals surface area contributed by atoms with E-state index >= 15 is 0 Å². The van der Waals surface area contributed by atoms with Gasteiger partial charge in [0.05, 0.1) is 0 Å². The van der Waals surface area contributed by atoms with Gasteiger partial charge in [0.15, 0.2) is 0 Å². The van der Waals surface area contributed by atoms with Gasteiger partial charge in [-0.2, -0.15) is 0 Å². The molecule has 48 heavy (non-hydrogen) atoms. The molecular weight excluding hydrogens is 703 g/mol. The molecule has 5 aromatic carbocycles. The zero-order valence-corrected chi connectivity index (χ0v) is 31.0. The summed E-state index contributed by atoms with van der Waals surface area (Å²) in [7, 11) is 0. The number of allylic oxidation sites excluding steroid dienone is 8. The number of rotatable bonds is 5. The number of hydrogen-bond donors (Lipinski definition) is 0. The SMILES string of the molecule is Cc1ccc2c(c1)=[C-]C1=C(C3=CC=CC3)C(C)(c3ccccc3)C=C(c3ccccc3)C=21.[Cl-].[Cl-].[Zr+2]=[C](c1ccccc1)c1ccccc1. The van der Waals surface area contributed by atoms with Gasteiger partial charge in [-0.1, -0.05) is 126 Å². The molecule has 0 spiro atoms. The predicted molar refractivity (Wildman–Crippen MR) is 190 cm³/mol. The van der Waals surface area contributed by atoms with Crippen molar-refractivity contribution in [3.63, 3.8) is 0 Å². The van der Waals surface area contributed by atoms with Crippen LogP contribution in [0.25, 0.3) is 17.2 Å². The van der Waals surface area contributed by atoms with Crippen LogP contribution in [-0.4, -0.2) is 3.21 Å². The second-order valence-electron chi connectivity index (χ2n) is 12.2. The molecule has 0 aliphatic heterocycles. The van der Waals surface area contributed by atoms with Gasteiger partial charge in [-0.15, -0.1) is 33.7 Å². The molecule has 0 nitrogen and oxygen atoms in total. The van der Waals surface area contributed by atoms with Crippen LogP contribution in [0.3, 0.4) is 0 Å². The number of hydrogen-bond acceptors (Lipinski definition) is 0. The monoisotopic (exact) mass is 735 g/mol. The van der Waals surface area contributed by atoms with Crippen molar-refractivity contribution in [3.05, 3.63) is 219 Å². The minimum absolute atomic E-state index is 0. The predicted octanol–water partition coefficient (Wildman–Crippen LogP) is 2.87. The molecule has 0 radical (unpaired) electrons. The average molecular weight is 738 g/mol. The number of benzene rings is 5. The van der Waals surface area contributed by atoms with Crippen molar-refractivity contribution >= 4 is 20.4 Å². The number of halogens is 2. The molecular formula is C45H35Cl2Zr-. The van der Waals surface area contributed by atoms with E-state index in [-0.39, 0.29) is 30.2 Å². The molecule has 0 amide bonds. The van der Waals surface area contributed by atoms with Gasteiger partial charge in [-0.3, -0.25) is 0 Å². The van der Waals surface area contributed by atoms with Crippen LogP contribution in [-0.2, 0) is 29.7 Å². The van der Waals surface area contributed by atoms with E-state index in [4.69, 9.17) is 0 Å². The van der Waals surface area contributed by atoms with Gasteiger partial charge >= 0.3 is 99.2 Å². The molecule has 0 N–H and O–H groups in total. The molecule has 234 valence electrons. The first-order valence-corrected chi connectivity index (χ1v) is 17.2. The molecule has 1 unspecified atom stereocenters. The summed E-state index contributed by atoms with van der Waals surface area (Å²) in [4.78, 5) is 0. The van der Waals surface area contributed by atoms with Crippen molar-refractivity contribution in [1.29, 1.82) is 0 Å². The van der Waals surface area contributed by atoms with Crippen LogP contribution in [0.1, 0.15) is 41.2 Å². The Kier molecular flexibility index (Phi) is 11.5. The maximum absolute atomic E-state index is 3.86. The van der Waals surface area contributed by atoms with E-state index < -0.39 is 0 Å². The molecule has 0 saturated heterocycles. The average Bonchev–Trinajstić information content (AvgIpc) is 3.78. The van der Waals surface area contributed by atoms with Gasteiger partial charge in [0.25, 0.3) is 0 Å². The fourth-order valence-corrected chi connectivity index (χ4v) is 7.65. The summed E-state index contributed by atoms with van der Waals surface area (Å²) in [5, 5.41) is 2.50. The van der Waals surface area contributed by atoms with Crippen LogP contribution in [0.2, 0.25) is 0 Å². The van der Waals surface area contributed by atoms with E-state index in [1.54, 1.807) is 0 Å². The molecule has 5 aromatic rings. The number of fused-ring (bicyclic) bond motifs is 2. The van der Waals surface area contributed by atoms with Crippen molar-refractivity contribution in [2.24, 2.45) is 0 Å². The summed E-state index contributed by atoms with van der Waals surface area (Å²) in [6.07, 6.45) is 14.1. The number of aryl methyl sites for hydroxylation is 1. The molecule has 8 rings (SSSR count). The Morgan fingerprint density at radius 3 is 1.83 bits per heavy atom. The summed E-state index contributed by atoms with van der Waals surface area (Å²) >= 11 is 1.46. The van der Waals surface area contributed by atoms with Crippen molar-refractivity contribution in [2.45, 2.75) is 25.7 Å². The Morgan fingerprint density at radius 2 is 1.27 bits per heavy atom. The van der Waals surface area contributed by atoms with Gasteiger partial charge in [0.1, 0.15) is 0 Å². The zero-order chi connectivity index (χ0) is 31.5. The van der Waals surface area contributed by atoms with Gasteiger partial charge in [0, 0.05) is 5.41 Å². The molecule has 0 fully saturated rings. The standard InChI is InChI=1S/C32H25.C13H10.2ClH.Zr/c1-22-17-18-27-25(19-22)20-28-30(27)29(23-11-5-3-6-12-23)21-32(2,26-15-7-4-8-16-26)31(28)24-13-9-10-14-24;1-3-7-12(8-4-1)11-13-9-5-2-6-10-13;;;/h3-13,15-19,21H,14H2,1-2H3;1-10H;2*1H;/q-1;;;;+2/p-2. The van der Waals surface area contributed by atoms with Gasteiger partial charge in [-0.05, 0) is 24.5 Å². The molecule has 3 aliphatic rings. The third-order valence-corrected chi connectivity index (χ3v) is 10.5. The normalized spacial score (nSPS) is 17.0. The van der Waals surface area contributed by atoms with Crippen LogP contribution in [0.5, 0.6) is 0 Å². The quantitative estimate of drug-likeness (QED) is 0.244. The molecule has 0 bridgehead atoms. The summed E-state index contributed by atoms with van der Waals surface area (Å²) in [5.74, 6) is 0. The van der Waals surface area contributed by atoms with Crippen LogP contribution in [0, 0.1) is 6.92 Å². The molecule has 0 heterocycles. The molecule has 0 aromatic heterocycles. The first-order chi connectivity index (χ1) is 22.5. The van der Waals surface area contributed by atoms with Crippen LogP contribution < -0.4 is 35.3 Å². The summed E-state index contributed by atoms with van der Waals surface area (Å²) in [6.45, 7) is 4.54. The maximum atomic E-state index is 3.86. The van der Waals surface area contributed by atoms with Crippen LogP contribution in [0.4, 0.5) is 0 Å². The van der Waals surface area contributed by atoms with E-state index in [1.165, 1.54) is 93.6 Å². The van der Waals surface area contributed by atoms with E-state index in [1.807, 2.05) is 0 Å². The Labute approximate surface area is 311 Å². The van der Waals surface area contributed by atoms with E-state index in [0.29, 0.717) is 0 Å². The fraction of sp³-hybridized carbons (Fsp3) is 0.0889. The van der Waals surface area contributed by atoms with Crippen molar-refractivity contribution in [3.8, 4) is 0 Å². The molecule has 3 aliphatic carbocycles. The summed E-state index contributed by atoms with van der Waals surface area (Å²) < 4.78 is 1.42. The molecule has 1 atom stereocenters. The Bertz CT molecular complexity index is 2130. The second-order valence-corrected chi connectivity index (χ2v) is 13.5. The fourth-order valence-electron chi connectivity index (χ4n) is 6.83. The van der Waals surface area contributed by atoms with E-state index in [2.05, 4.69) is 184 Å². The van der Waals surface area contributed by atoms with Crippen molar-refractivity contribution in [1.82, 2.24) is 0 Å². The van der Waals surface area contributed by atoms with E-state index in [0.717, 1.165) is 6.42 Å². The zero-order valence-electron chi connectivity index (χ0n) is 27.1. The Morgan fingerprint density at radius 1 is 0.708 bits per heavy atom. The third kappa shape index (κ3) is 6.97. The van der Waals surface area contributed by atoms with Crippen molar-refractivity contribution < 1.29 is 49.0 Å². The van der Waals surface area contributed by atoms with Crippen molar-refractivity contribution in [2.75, 3.05) is 0 Å². The second kappa shape index (κ2) is 15.6. The van der Waals surface area contributed by atoms with Gasteiger partial charge in [0.2, 0.25) is 0 Å². The van der Waals surface area contributed by atoms with E-state index in [9.17, 15) is 0 Å². The van der Waals surface area contributed by atoms with Crippen LogP contribution >= 0.6 is 0 Å². The first kappa shape index (κ1) is 35.4. The Balaban J connectivity index is 0.000000239. The van der Waals surface area contributed by atoms with Gasteiger partial charge < -0.3 is 24.8 Å². The minimum atomic E-state index is -0.243. The first-order valence-electron chi connectivity index (χ1n) is 15.9. The Hall–Kier alpha value is -3.87. The summed E-state index contributed by atoms with van der Waals surface area (Å²) in [6, 6.07) is 49.6. The topological polar surface area (TPSA) is 0 Å². The molecule has 3 heteroatoms. The van der Waals surface area contributed by atoms with Gasteiger partial charge in [-0.25, -0.2) is 0 Å². The molecule has 0 saturated carbocycles. The van der Waals surface area contributed by atoms with Crippen LogP contribution in [0.15, 0.2) is 181 Å². The third-order valence-electron chi connectivity index (χ3n) is 9.10.